The monoisotopic (exact) mass is 557 g/mol. The summed E-state index contributed by atoms with van der Waals surface area (Å²) in [7, 11) is -0.988. The molecule has 0 amide bonds. The molecule has 0 aliphatic carbocycles. The lowest BCUT2D eigenvalue weighted by Crippen LogP contribution is -2.16. The number of carbonyl (C=O) groups is 2. The van der Waals surface area contributed by atoms with E-state index >= 15 is 0 Å². The van der Waals surface area contributed by atoms with Gasteiger partial charge < -0.3 is 18.9 Å². The van der Waals surface area contributed by atoms with Gasteiger partial charge in [-0.25, -0.2) is 13.7 Å². The Hall–Kier alpha value is -2.12. The third kappa shape index (κ3) is 6.23. The second-order valence-electron chi connectivity index (χ2n) is 8.29. The number of aromatic nitrogens is 2. The van der Waals surface area contributed by atoms with Crippen molar-refractivity contribution < 1.29 is 32.7 Å². The maximum atomic E-state index is 13.5. The minimum Gasteiger partial charge on any atom is -0.491 e. The van der Waals surface area contributed by atoms with E-state index in [2.05, 4.69) is 9.46 Å². The van der Waals surface area contributed by atoms with E-state index in [1.165, 1.54) is 16.9 Å². The van der Waals surface area contributed by atoms with Crippen LogP contribution in [0.4, 0.5) is 10.5 Å². The summed E-state index contributed by atoms with van der Waals surface area (Å²) < 4.78 is 41.4. The van der Waals surface area contributed by atoms with Crippen LogP contribution in [0.25, 0.3) is 0 Å². The molecule has 0 saturated carbocycles. The molecule has 0 radical (unpaired) electrons. The number of hydrogen-bond acceptors (Lipinski definition) is 10. The summed E-state index contributed by atoms with van der Waals surface area (Å²) in [6, 6.07) is 3.10. The Kier molecular flexibility index (Phi) is 8.94. The van der Waals surface area contributed by atoms with Gasteiger partial charge in [0.1, 0.15) is 17.0 Å². The van der Waals surface area contributed by atoms with Crippen LogP contribution < -0.4 is 9.47 Å². The molecule has 36 heavy (non-hydrogen) atoms. The van der Waals surface area contributed by atoms with Gasteiger partial charge in [0.25, 0.3) is 0 Å². The van der Waals surface area contributed by atoms with Crippen molar-refractivity contribution in [2.45, 2.75) is 32.0 Å². The molecule has 0 spiro atoms. The molecular formula is C23H28ClN3O7S2. The van der Waals surface area contributed by atoms with Gasteiger partial charge in [-0.05, 0) is 43.0 Å². The Morgan fingerprint density at radius 2 is 1.94 bits per heavy atom. The topological polar surface area (TPSA) is 118 Å². The van der Waals surface area contributed by atoms with Gasteiger partial charge in [0, 0.05) is 30.5 Å². The Labute approximate surface area is 219 Å². The number of carbonyl (C=O) groups excluding carboxylic acids is 2. The molecule has 4 rings (SSSR count). The van der Waals surface area contributed by atoms with Crippen molar-refractivity contribution in [3.63, 3.8) is 0 Å². The summed E-state index contributed by atoms with van der Waals surface area (Å²) in [5, 5.41) is 3.49. The molecular weight excluding hydrogens is 530 g/mol. The Morgan fingerprint density at radius 3 is 2.64 bits per heavy atom. The van der Waals surface area contributed by atoms with E-state index in [9.17, 15) is 13.8 Å². The van der Waals surface area contributed by atoms with Gasteiger partial charge in [-0.15, -0.1) is 0 Å². The maximum absolute atomic E-state index is 13.5. The summed E-state index contributed by atoms with van der Waals surface area (Å²) in [5.41, 5.74) is 0.353. The van der Waals surface area contributed by atoms with Crippen LogP contribution in [-0.2, 0) is 26.3 Å². The first kappa shape index (κ1) is 26.9. The van der Waals surface area contributed by atoms with Gasteiger partial charge in [0.15, 0.2) is 6.29 Å². The number of ketones is 1. The molecule has 10 nitrogen and oxygen atoms in total. The first-order chi connectivity index (χ1) is 17.3. The number of thioether (sulfide) groups is 1. The number of rotatable bonds is 8. The van der Waals surface area contributed by atoms with E-state index in [0.717, 1.165) is 31.0 Å². The number of halogens is 1. The standard InChI is InChI=1S/C23H28ClN3O7S2/c1-27-22(34-23(29)35-2)16(14-25-27)21(28)15-6-7-17(31-9-8-18-32-10-11-33-18)20(19(15)24)26-36(30)12-4-3-5-13-36/h6-7,14,18H,3-5,8-13H2,1-2H3. The molecule has 2 saturated heterocycles. The molecule has 3 heterocycles. The van der Waals surface area contributed by atoms with E-state index in [4.69, 9.17) is 30.5 Å². The highest BCUT2D eigenvalue weighted by Gasteiger charge is 2.27. The number of hydrogen-bond donors (Lipinski definition) is 0. The SMILES string of the molecule is CSC(=O)Oc1c(C(=O)c2ccc(OCCC3OCCO3)c(N=S3(=O)CCCCC3)c2Cl)cnn1C. The molecule has 0 unspecified atom stereocenters. The van der Waals surface area contributed by atoms with Crippen LogP contribution >= 0.6 is 23.4 Å². The zero-order chi connectivity index (χ0) is 25.7. The number of nitrogens with zero attached hydrogens (tertiary/aromatic N) is 3. The van der Waals surface area contributed by atoms with Crippen molar-refractivity contribution >= 4 is 49.9 Å². The fraction of sp³-hybridized carbons (Fsp3) is 0.522. The molecule has 2 aliphatic rings. The van der Waals surface area contributed by atoms with Crippen molar-refractivity contribution in [3.05, 3.63) is 34.5 Å². The van der Waals surface area contributed by atoms with E-state index in [0.29, 0.717) is 36.9 Å². The summed E-state index contributed by atoms with van der Waals surface area (Å²) in [4.78, 5) is 25.3. The summed E-state index contributed by atoms with van der Waals surface area (Å²) >= 11 is 7.60. The highest BCUT2D eigenvalue weighted by atomic mass is 35.5. The quantitative estimate of drug-likeness (QED) is 0.339. The highest BCUT2D eigenvalue weighted by molar-refractivity contribution is 8.12. The molecule has 2 aromatic rings. The molecule has 1 aromatic carbocycles. The highest BCUT2D eigenvalue weighted by Crippen LogP contribution is 2.41. The van der Waals surface area contributed by atoms with Gasteiger partial charge in [-0.1, -0.05) is 18.0 Å². The number of aryl methyl sites for hydroxylation is 1. The average Bonchev–Trinajstić information content (AvgIpc) is 3.51. The molecule has 13 heteroatoms. The lowest BCUT2D eigenvalue weighted by Gasteiger charge is -2.18. The smallest absolute Gasteiger partial charge is 0.373 e. The second-order valence-corrected chi connectivity index (χ2v) is 12.0. The third-order valence-electron chi connectivity index (χ3n) is 5.79. The number of ether oxygens (including phenoxy) is 4. The fourth-order valence-electron chi connectivity index (χ4n) is 3.92. The van der Waals surface area contributed by atoms with Gasteiger partial charge >= 0.3 is 5.30 Å². The Bertz CT molecular complexity index is 1240. The molecule has 1 aromatic heterocycles. The Morgan fingerprint density at radius 1 is 1.22 bits per heavy atom. The van der Waals surface area contributed by atoms with Gasteiger partial charge in [-0.3, -0.25) is 4.79 Å². The average molecular weight is 558 g/mol. The molecule has 0 atom stereocenters. The molecule has 2 fully saturated rings. The predicted molar refractivity (Wildman–Crippen MR) is 137 cm³/mol. The van der Waals surface area contributed by atoms with Crippen molar-refractivity contribution in [1.29, 1.82) is 0 Å². The molecule has 196 valence electrons. The minimum absolute atomic E-state index is 0.00370. The zero-order valence-electron chi connectivity index (χ0n) is 20.1. The minimum atomic E-state index is -2.55. The van der Waals surface area contributed by atoms with E-state index < -0.39 is 20.8 Å². The lowest BCUT2D eigenvalue weighted by molar-refractivity contribution is -0.0531. The van der Waals surface area contributed by atoms with Gasteiger partial charge in [0.2, 0.25) is 11.7 Å². The van der Waals surface area contributed by atoms with Crippen LogP contribution in [0.2, 0.25) is 5.02 Å². The maximum Gasteiger partial charge on any atom is 0.373 e. The molecule has 2 aliphatic heterocycles. The molecule has 0 N–H and O–H groups in total. The fourth-order valence-corrected chi connectivity index (χ4v) is 6.63. The van der Waals surface area contributed by atoms with Crippen LogP contribution in [0.1, 0.15) is 41.6 Å². The van der Waals surface area contributed by atoms with E-state index in [1.807, 2.05) is 0 Å². The second kappa shape index (κ2) is 12.0. The number of benzene rings is 1. The van der Waals surface area contributed by atoms with Crippen LogP contribution in [0.3, 0.4) is 0 Å². The van der Waals surface area contributed by atoms with Crippen molar-refractivity contribution in [3.8, 4) is 11.6 Å². The van der Waals surface area contributed by atoms with E-state index in [-0.39, 0.29) is 40.6 Å². The van der Waals surface area contributed by atoms with Crippen molar-refractivity contribution in [1.82, 2.24) is 9.78 Å². The third-order valence-corrected chi connectivity index (χ3v) is 8.95. The zero-order valence-corrected chi connectivity index (χ0v) is 22.5. The van der Waals surface area contributed by atoms with Crippen LogP contribution in [0.15, 0.2) is 22.7 Å². The van der Waals surface area contributed by atoms with Gasteiger partial charge in [-0.2, -0.15) is 9.46 Å². The Balaban J connectivity index is 1.69. The summed E-state index contributed by atoms with van der Waals surface area (Å²) in [6.45, 7) is 1.34. The van der Waals surface area contributed by atoms with Gasteiger partial charge in [0.05, 0.1) is 40.8 Å². The predicted octanol–water partition coefficient (Wildman–Crippen LogP) is 4.59. The van der Waals surface area contributed by atoms with Crippen LogP contribution in [-0.4, -0.2) is 68.9 Å². The van der Waals surface area contributed by atoms with Crippen LogP contribution in [0, 0.1) is 0 Å². The van der Waals surface area contributed by atoms with Crippen molar-refractivity contribution in [2.24, 2.45) is 11.4 Å². The summed E-state index contributed by atoms with van der Waals surface area (Å²) in [5.74, 6) is 0.739. The lowest BCUT2D eigenvalue weighted by atomic mass is 10.0. The normalized spacial score (nSPS) is 17.6. The van der Waals surface area contributed by atoms with Crippen LogP contribution in [0.5, 0.6) is 11.6 Å². The first-order valence-electron chi connectivity index (χ1n) is 11.5. The first-order valence-corrected chi connectivity index (χ1v) is 15.0. The molecule has 0 bridgehead atoms. The van der Waals surface area contributed by atoms with Crippen molar-refractivity contribution in [2.75, 3.05) is 37.6 Å². The summed E-state index contributed by atoms with van der Waals surface area (Å²) in [6.07, 6.45) is 5.65. The van der Waals surface area contributed by atoms with E-state index in [1.54, 1.807) is 19.4 Å². The largest absolute Gasteiger partial charge is 0.491 e.